The van der Waals surface area contributed by atoms with Crippen molar-refractivity contribution in [3.05, 3.63) is 65.7 Å². The van der Waals surface area contributed by atoms with Crippen LogP contribution < -0.4 is 14.8 Å². The van der Waals surface area contributed by atoms with Gasteiger partial charge in [0.2, 0.25) is 0 Å². The number of hydrogen-bond acceptors (Lipinski definition) is 6. The molecule has 0 aliphatic carbocycles. The Kier molecular flexibility index (Phi) is 5.03. The van der Waals surface area contributed by atoms with Crippen molar-refractivity contribution < 1.29 is 9.47 Å². The van der Waals surface area contributed by atoms with Gasteiger partial charge in [0.1, 0.15) is 5.82 Å². The van der Waals surface area contributed by atoms with Crippen LogP contribution in [0, 0.1) is 13.8 Å². The smallest absolute Gasteiger partial charge is 0.165 e. The molecule has 3 aromatic heterocycles. The van der Waals surface area contributed by atoms with Gasteiger partial charge in [0.05, 0.1) is 19.9 Å². The van der Waals surface area contributed by atoms with Crippen molar-refractivity contribution in [3.8, 4) is 22.6 Å². The topological polar surface area (TPSA) is 73.6 Å². The van der Waals surface area contributed by atoms with Gasteiger partial charge in [-0.05, 0) is 49.2 Å². The molecule has 0 fully saturated rings. The zero-order chi connectivity index (χ0) is 20.4. The van der Waals surface area contributed by atoms with E-state index in [9.17, 15) is 0 Å². The summed E-state index contributed by atoms with van der Waals surface area (Å²) in [6.45, 7) is 4.65. The molecular weight excluding hydrogens is 366 g/mol. The average Bonchev–Trinajstić information content (AvgIpc) is 3.07. The van der Waals surface area contributed by atoms with Crippen molar-refractivity contribution in [1.82, 2.24) is 19.6 Å². The van der Waals surface area contributed by atoms with E-state index in [0.717, 1.165) is 39.5 Å². The van der Waals surface area contributed by atoms with Gasteiger partial charge in [-0.3, -0.25) is 4.98 Å². The van der Waals surface area contributed by atoms with Crippen molar-refractivity contribution in [3.63, 3.8) is 0 Å². The Morgan fingerprint density at radius 2 is 1.72 bits per heavy atom. The van der Waals surface area contributed by atoms with Crippen LogP contribution >= 0.6 is 0 Å². The van der Waals surface area contributed by atoms with Gasteiger partial charge in [0.15, 0.2) is 17.1 Å². The number of rotatable bonds is 6. The molecule has 0 aliphatic heterocycles. The second kappa shape index (κ2) is 7.79. The molecule has 0 spiro atoms. The summed E-state index contributed by atoms with van der Waals surface area (Å²) in [5.41, 5.74) is 5.70. The van der Waals surface area contributed by atoms with E-state index in [4.69, 9.17) is 19.6 Å². The molecule has 7 nitrogen and oxygen atoms in total. The minimum absolute atomic E-state index is 0.672. The summed E-state index contributed by atoms with van der Waals surface area (Å²) in [5.74, 6) is 2.25. The van der Waals surface area contributed by atoms with Gasteiger partial charge in [-0.25, -0.2) is 4.98 Å². The number of anilines is 1. The fourth-order valence-electron chi connectivity index (χ4n) is 3.39. The zero-order valence-corrected chi connectivity index (χ0v) is 16.9. The van der Waals surface area contributed by atoms with E-state index < -0.39 is 0 Å². The lowest BCUT2D eigenvalue weighted by atomic mass is 10.1. The zero-order valence-electron chi connectivity index (χ0n) is 16.9. The normalized spacial score (nSPS) is 10.9. The fourth-order valence-corrected chi connectivity index (χ4v) is 3.39. The molecule has 4 aromatic rings. The van der Waals surface area contributed by atoms with Crippen molar-refractivity contribution in [2.75, 3.05) is 19.5 Å². The van der Waals surface area contributed by atoms with E-state index >= 15 is 0 Å². The summed E-state index contributed by atoms with van der Waals surface area (Å²) < 4.78 is 12.7. The molecule has 29 heavy (non-hydrogen) atoms. The predicted molar refractivity (Wildman–Crippen MR) is 113 cm³/mol. The average molecular weight is 389 g/mol. The van der Waals surface area contributed by atoms with Gasteiger partial charge in [0, 0.05) is 36.3 Å². The van der Waals surface area contributed by atoms with Crippen molar-refractivity contribution in [2.24, 2.45) is 0 Å². The molecule has 0 saturated carbocycles. The Hall–Kier alpha value is -3.61. The highest BCUT2D eigenvalue weighted by Crippen LogP contribution is 2.35. The first-order chi connectivity index (χ1) is 14.1. The molecule has 7 heteroatoms. The first kappa shape index (κ1) is 18.7. The standard InChI is InChI=1S/C22H23N5O2/c1-14-11-20(24-13-16-7-9-23-10-8-16)27-22(25-14)21(15(2)26-27)17-5-6-18(28-3)19(12-17)29-4/h5-12,24H,13H2,1-4H3. The van der Waals surface area contributed by atoms with E-state index in [1.165, 1.54) is 0 Å². The van der Waals surface area contributed by atoms with Crippen molar-refractivity contribution in [2.45, 2.75) is 20.4 Å². The first-order valence-electron chi connectivity index (χ1n) is 9.33. The molecule has 0 bridgehead atoms. The highest BCUT2D eigenvalue weighted by Gasteiger charge is 2.17. The summed E-state index contributed by atoms with van der Waals surface area (Å²) in [6.07, 6.45) is 3.58. The van der Waals surface area contributed by atoms with Crippen LogP contribution in [0.25, 0.3) is 16.8 Å². The van der Waals surface area contributed by atoms with E-state index in [-0.39, 0.29) is 0 Å². The number of hydrogen-bond donors (Lipinski definition) is 1. The molecule has 0 aliphatic rings. The summed E-state index contributed by atoms with van der Waals surface area (Å²) >= 11 is 0. The lowest BCUT2D eigenvalue weighted by molar-refractivity contribution is 0.355. The maximum atomic E-state index is 5.47. The SMILES string of the molecule is COc1ccc(-c2c(C)nn3c(NCc4ccncc4)cc(C)nc23)cc1OC. The van der Waals surface area contributed by atoms with Gasteiger partial charge >= 0.3 is 0 Å². The minimum atomic E-state index is 0.672. The van der Waals surface area contributed by atoms with E-state index in [2.05, 4.69) is 10.3 Å². The molecule has 0 unspecified atom stereocenters. The number of pyridine rings is 1. The Labute approximate surface area is 169 Å². The number of aryl methyl sites for hydroxylation is 2. The maximum Gasteiger partial charge on any atom is 0.165 e. The van der Waals surface area contributed by atoms with Crippen LogP contribution in [0.15, 0.2) is 48.8 Å². The van der Waals surface area contributed by atoms with Crippen LogP contribution in [0.5, 0.6) is 11.5 Å². The Balaban J connectivity index is 1.79. The third-order valence-electron chi connectivity index (χ3n) is 4.79. The minimum Gasteiger partial charge on any atom is -0.493 e. The number of nitrogens with zero attached hydrogens (tertiary/aromatic N) is 4. The van der Waals surface area contributed by atoms with Crippen LogP contribution in [0.4, 0.5) is 5.82 Å². The largest absolute Gasteiger partial charge is 0.493 e. The van der Waals surface area contributed by atoms with Crippen LogP contribution in [0.2, 0.25) is 0 Å². The molecular formula is C22H23N5O2. The molecule has 0 amide bonds. The van der Waals surface area contributed by atoms with Crippen molar-refractivity contribution in [1.29, 1.82) is 0 Å². The second-order valence-corrected chi connectivity index (χ2v) is 6.76. The summed E-state index contributed by atoms with van der Waals surface area (Å²) in [5, 5.41) is 8.21. The second-order valence-electron chi connectivity index (χ2n) is 6.76. The van der Waals surface area contributed by atoms with E-state index in [0.29, 0.717) is 18.0 Å². The number of methoxy groups -OCH3 is 2. The monoisotopic (exact) mass is 389 g/mol. The molecule has 0 saturated heterocycles. The first-order valence-corrected chi connectivity index (χ1v) is 9.33. The number of nitrogens with one attached hydrogen (secondary N) is 1. The molecule has 1 aromatic carbocycles. The van der Waals surface area contributed by atoms with Gasteiger partial charge in [-0.2, -0.15) is 9.61 Å². The van der Waals surface area contributed by atoms with Crippen LogP contribution in [-0.2, 0) is 6.54 Å². The summed E-state index contributed by atoms with van der Waals surface area (Å²) in [6, 6.07) is 11.8. The third-order valence-corrected chi connectivity index (χ3v) is 4.79. The lowest BCUT2D eigenvalue weighted by Crippen LogP contribution is -2.07. The van der Waals surface area contributed by atoms with Crippen molar-refractivity contribution >= 4 is 11.5 Å². The maximum absolute atomic E-state index is 5.47. The third kappa shape index (κ3) is 3.59. The predicted octanol–water partition coefficient (Wildman–Crippen LogP) is 4.04. The van der Waals surface area contributed by atoms with Crippen LogP contribution in [-0.4, -0.2) is 33.8 Å². The molecule has 0 radical (unpaired) electrons. The summed E-state index contributed by atoms with van der Waals surface area (Å²) in [7, 11) is 3.26. The van der Waals surface area contributed by atoms with Gasteiger partial charge in [-0.15, -0.1) is 0 Å². The molecule has 0 atom stereocenters. The molecule has 3 heterocycles. The lowest BCUT2D eigenvalue weighted by Gasteiger charge is -2.11. The number of aromatic nitrogens is 4. The Bertz CT molecular complexity index is 1160. The Morgan fingerprint density at radius 3 is 2.45 bits per heavy atom. The number of ether oxygens (including phenoxy) is 2. The highest BCUT2D eigenvalue weighted by atomic mass is 16.5. The number of benzene rings is 1. The van der Waals surface area contributed by atoms with Gasteiger partial charge in [-0.1, -0.05) is 6.07 Å². The van der Waals surface area contributed by atoms with E-state index in [1.807, 2.05) is 54.8 Å². The summed E-state index contributed by atoms with van der Waals surface area (Å²) in [4.78, 5) is 8.83. The molecule has 4 rings (SSSR count). The van der Waals surface area contributed by atoms with Gasteiger partial charge in [0.25, 0.3) is 0 Å². The number of fused-ring (bicyclic) bond motifs is 1. The fraction of sp³-hybridized carbons (Fsp3) is 0.227. The highest BCUT2D eigenvalue weighted by molar-refractivity contribution is 5.82. The van der Waals surface area contributed by atoms with Gasteiger partial charge < -0.3 is 14.8 Å². The molecule has 1 N–H and O–H groups in total. The van der Waals surface area contributed by atoms with Crippen LogP contribution in [0.3, 0.4) is 0 Å². The van der Waals surface area contributed by atoms with E-state index in [1.54, 1.807) is 26.6 Å². The molecule has 148 valence electrons. The Morgan fingerprint density at radius 1 is 0.966 bits per heavy atom. The van der Waals surface area contributed by atoms with Crippen LogP contribution in [0.1, 0.15) is 17.0 Å². The quantitative estimate of drug-likeness (QED) is 0.537.